The van der Waals surface area contributed by atoms with Gasteiger partial charge in [0.15, 0.2) is 0 Å². The van der Waals surface area contributed by atoms with Crippen LogP contribution in [0, 0.1) is 0 Å². The summed E-state index contributed by atoms with van der Waals surface area (Å²) >= 11 is 3.81. The molecule has 1 rings (SSSR count). The van der Waals surface area contributed by atoms with E-state index in [-0.39, 0.29) is 5.91 Å². The molecule has 0 aliphatic carbocycles. The molecular formula is C10H12INOS. The van der Waals surface area contributed by atoms with Crippen molar-refractivity contribution in [1.29, 1.82) is 0 Å². The van der Waals surface area contributed by atoms with Gasteiger partial charge >= 0.3 is 0 Å². The van der Waals surface area contributed by atoms with Crippen molar-refractivity contribution >= 4 is 40.3 Å². The number of amides is 1. The molecule has 1 amide bonds. The Hall–Kier alpha value is -0.230. The number of alkyl halides is 1. The van der Waals surface area contributed by atoms with Crippen LogP contribution in [0.4, 0.5) is 0 Å². The second-order valence-electron chi connectivity index (χ2n) is 2.65. The molecule has 76 valence electrons. The Bertz CT molecular complexity index is 279. The maximum atomic E-state index is 10.9. The number of carbonyl (C=O) groups excluding carboxylic acids is 1. The van der Waals surface area contributed by atoms with Crippen molar-refractivity contribution < 1.29 is 4.79 Å². The molecule has 14 heavy (non-hydrogen) atoms. The van der Waals surface area contributed by atoms with Gasteiger partial charge in [-0.05, 0) is 12.1 Å². The number of benzene rings is 1. The summed E-state index contributed by atoms with van der Waals surface area (Å²) in [5.74, 6) is 1.03. The van der Waals surface area contributed by atoms with E-state index in [0.29, 0.717) is 4.43 Å². The minimum atomic E-state index is 0.110. The topological polar surface area (TPSA) is 29.1 Å². The summed E-state index contributed by atoms with van der Waals surface area (Å²) in [4.78, 5) is 12.1. The summed E-state index contributed by atoms with van der Waals surface area (Å²) in [6.07, 6.45) is 0. The number of hydrogen-bond acceptors (Lipinski definition) is 2. The summed E-state index contributed by atoms with van der Waals surface area (Å²) in [6, 6.07) is 10.2. The molecule has 0 fully saturated rings. The number of hydrogen-bond donors (Lipinski definition) is 1. The molecule has 0 bridgehead atoms. The van der Waals surface area contributed by atoms with E-state index in [1.54, 1.807) is 11.8 Å². The fourth-order valence-corrected chi connectivity index (χ4v) is 1.98. The molecule has 0 spiro atoms. The molecule has 0 atom stereocenters. The molecule has 0 aromatic heterocycles. The lowest BCUT2D eigenvalue weighted by molar-refractivity contribution is -0.118. The zero-order valence-corrected chi connectivity index (χ0v) is 10.7. The van der Waals surface area contributed by atoms with Crippen molar-refractivity contribution in [2.75, 3.05) is 16.7 Å². The number of carbonyl (C=O) groups is 1. The van der Waals surface area contributed by atoms with Crippen LogP contribution in [0.15, 0.2) is 35.2 Å². The van der Waals surface area contributed by atoms with Gasteiger partial charge in [-0.1, -0.05) is 40.8 Å². The lowest BCUT2D eigenvalue weighted by atomic mass is 10.4. The van der Waals surface area contributed by atoms with E-state index in [0.717, 1.165) is 12.3 Å². The quantitative estimate of drug-likeness (QED) is 0.390. The normalized spacial score (nSPS) is 9.79. The zero-order chi connectivity index (χ0) is 10.2. The first-order valence-electron chi connectivity index (χ1n) is 4.33. The first kappa shape index (κ1) is 11.8. The second-order valence-corrected chi connectivity index (χ2v) is 4.58. The average Bonchev–Trinajstić information content (AvgIpc) is 2.25. The van der Waals surface area contributed by atoms with Crippen LogP contribution in [0.3, 0.4) is 0 Å². The van der Waals surface area contributed by atoms with Gasteiger partial charge in [0.05, 0.1) is 4.43 Å². The molecular weight excluding hydrogens is 309 g/mol. The van der Waals surface area contributed by atoms with Crippen LogP contribution >= 0.6 is 34.4 Å². The van der Waals surface area contributed by atoms with Crippen LogP contribution < -0.4 is 5.32 Å². The van der Waals surface area contributed by atoms with E-state index in [9.17, 15) is 4.79 Å². The van der Waals surface area contributed by atoms with E-state index in [4.69, 9.17) is 0 Å². The predicted molar refractivity (Wildman–Crippen MR) is 69.1 cm³/mol. The van der Waals surface area contributed by atoms with Crippen LogP contribution in [0.25, 0.3) is 0 Å². The molecule has 1 aromatic carbocycles. The van der Waals surface area contributed by atoms with Crippen molar-refractivity contribution in [3.8, 4) is 0 Å². The molecule has 0 aliphatic heterocycles. The van der Waals surface area contributed by atoms with Gasteiger partial charge in [0.2, 0.25) is 5.91 Å². The van der Waals surface area contributed by atoms with Crippen LogP contribution in [-0.2, 0) is 4.79 Å². The Balaban J connectivity index is 2.13. The van der Waals surface area contributed by atoms with Crippen LogP contribution in [-0.4, -0.2) is 22.6 Å². The molecule has 1 N–H and O–H groups in total. The number of thioether (sulfide) groups is 1. The predicted octanol–water partition coefficient (Wildman–Crippen LogP) is 2.33. The smallest absolute Gasteiger partial charge is 0.229 e. The van der Waals surface area contributed by atoms with Gasteiger partial charge < -0.3 is 5.32 Å². The van der Waals surface area contributed by atoms with Crippen molar-refractivity contribution in [3.05, 3.63) is 30.3 Å². The minimum absolute atomic E-state index is 0.110. The summed E-state index contributed by atoms with van der Waals surface area (Å²) in [7, 11) is 0. The van der Waals surface area contributed by atoms with Crippen molar-refractivity contribution in [2.24, 2.45) is 0 Å². The minimum Gasteiger partial charge on any atom is -0.355 e. The third kappa shape index (κ3) is 4.85. The summed E-state index contributed by atoms with van der Waals surface area (Å²) < 4.78 is 0.535. The third-order valence-electron chi connectivity index (χ3n) is 1.56. The van der Waals surface area contributed by atoms with Crippen molar-refractivity contribution in [3.63, 3.8) is 0 Å². The fraction of sp³-hybridized carbons (Fsp3) is 0.300. The largest absolute Gasteiger partial charge is 0.355 e. The lowest BCUT2D eigenvalue weighted by Crippen LogP contribution is -2.26. The molecule has 2 nitrogen and oxygen atoms in total. The van der Waals surface area contributed by atoms with Crippen molar-refractivity contribution in [1.82, 2.24) is 5.32 Å². The summed E-state index contributed by atoms with van der Waals surface area (Å²) in [6.45, 7) is 0.737. The Morgan fingerprint density at radius 3 is 2.71 bits per heavy atom. The first-order chi connectivity index (χ1) is 6.83. The van der Waals surface area contributed by atoms with Gasteiger partial charge in [0.25, 0.3) is 0 Å². The number of nitrogens with one attached hydrogen (secondary N) is 1. The summed E-state index contributed by atoms with van der Waals surface area (Å²) in [5, 5.41) is 2.84. The van der Waals surface area contributed by atoms with E-state index in [1.807, 2.05) is 18.2 Å². The zero-order valence-electron chi connectivity index (χ0n) is 7.70. The second kappa shape index (κ2) is 7.11. The van der Waals surface area contributed by atoms with Gasteiger partial charge in [-0.2, -0.15) is 0 Å². The lowest BCUT2D eigenvalue weighted by Gasteiger charge is -2.02. The Morgan fingerprint density at radius 2 is 2.07 bits per heavy atom. The molecule has 0 unspecified atom stereocenters. The monoisotopic (exact) mass is 321 g/mol. The Kier molecular flexibility index (Phi) is 6.02. The third-order valence-corrected chi connectivity index (χ3v) is 3.26. The standard InChI is InChI=1S/C10H12INOS/c11-8-10(13)12-6-7-14-9-4-2-1-3-5-9/h1-5H,6-8H2,(H,12,13). The number of rotatable bonds is 5. The molecule has 0 saturated heterocycles. The van der Waals surface area contributed by atoms with Crippen LogP contribution in [0.2, 0.25) is 0 Å². The highest BCUT2D eigenvalue weighted by Gasteiger charge is 1.96. The first-order valence-corrected chi connectivity index (χ1v) is 6.84. The van der Waals surface area contributed by atoms with Gasteiger partial charge in [-0.15, -0.1) is 11.8 Å². The number of halogens is 1. The highest BCUT2D eigenvalue weighted by Crippen LogP contribution is 2.15. The maximum absolute atomic E-state index is 10.9. The molecule has 1 aromatic rings. The van der Waals surface area contributed by atoms with Crippen LogP contribution in [0.5, 0.6) is 0 Å². The van der Waals surface area contributed by atoms with Crippen molar-refractivity contribution in [2.45, 2.75) is 4.90 Å². The van der Waals surface area contributed by atoms with Gasteiger partial charge in [0.1, 0.15) is 0 Å². The fourth-order valence-electron chi connectivity index (χ4n) is 0.923. The van der Waals surface area contributed by atoms with Gasteiger partial charge in [-0.3, -0.25) is 4.79 Å². The average molecular weight is 321 g/mol. The van der Waals surface area contributed by atoms with E-state index < -0.39 is 0 Å². The molecule has 0 saturated carbocycles. The molecule has 4 heteroatoms. The molecule has 0 aliphatic rings. The van der Waals surface area contributed by atoms with Crippen LogP contribution in [0.1, 0.15) is 0 Å². The van der Waals surface area contributed by atoms with Gasteiger partial charge in [0, 0.05) is 17.2 Å². The van der Waals surface area contributed by atoms with E-state index >= 15 is 0 Å². The molecule has 0 heterocycles. The SMILES string of the molecule is O=C(CI)NCCSc1ccccc1. The van der Waals surface area contributed by atoms with E-state index in [1.165, 1.54) is 4.90 Å². The van der Waals surface area contributed by atoms with Gasteiger partial charge in [-0.25, -0.2) is 0 Å². The highest BCUT2D eigenvalue weighted by molar-refractivity contribution is 14.1. The Morgan fingerprint density at radius 1 is 1.36 bits per heavy atom. The van der Waals surface area contributed by atoms with E-state index in [2.05, 4.69) is 40.0 Å². The molecule has 0 radical (unpaired) electrons. The highest BCUT2D eigenvalue weighted by atomic mass is 127. The Labute approximate surface area is 102 Å². The summed E-state index contributed by atoms with van der Waals surface area (Å²) in [5.41, 5.74) is 0. The maximum Gasteiger partial charge on any atom is 0.229 e.